The van der Waals surface area contributed by atoms with Gasteiger partial charge in [-0.25, -0.2) is 4.79 Å². The Kier molecular flexibility index (Phi) is 4.19. The molecule has 2 aliphatic heterocycles. The topological polar surface area (TPSA) is 80.9 Å². The molecule has 0 radical (unpaired) electrons. The molecular formula is C18H20N2O5. The third-order valence-electron chi connectivity index (χ3n) is 4.80. The van der Waals surface area contributed by atoms with Crippen LogP contribution < -0.4 is 0 Å². The highest BCUT2D eigenvalue weighted by molar-refractivity contribution is 5.96. The molecule has 3 heterocycles. The fourth-order valence-electron chi connectivity index (χ4n) is 3.48. The number of hydrogen-bond donors (Lipinski definition) is 1. The summed E-state index contributed by atoms with van der Waals surface area (Å²) < 4.78 is 15.7. The van der Waals surface area contributed by atoms with Crippen molar-refractivity contribution in [2.45, 2.75) is 19.1 Å². The number of rotatable bonds is 2. The van der Waals surface area contributed by atoms with Crippen LogP contribution >= 0.6 is 0 Å². The maximum Gasteiger partial charge on any atom is 0.337 e. The monoisotopic (exact) mass is 344 g/mol. The van der Waals surface area contributed by atoms with Crippen LogP contribution in [-0.2, 0) is 32.0 Å². The van der Waals surface area contributed by atoms with Crippen LogP contribution in [0.2, 0.25) is 0 Å². The van der Waals surface area contributed by atoms with Gasteiger partial charge in [0.1, 0.15) is 0 Å². The Morgan fingerprint density at radius 2 is 2.20 bits per heavy atom. The zero-order valence-electron chi connectivity index (χ0n) is 14.0. The van der Waals surface area contributed by atoms with Crippen molar-refractivity contribution in [2.24, 2.45) is 0 Å². The molecule has 7 heteroatoms. The molecule has 1 atom stereocenters. The van der Waals surface area contributed by atoms with E-state index in [-0.39, 0.29) is 11.9 Å². The highest BCUT2D eigenvalue weighted by Gasteiger charge is 2.31. The summed E-state index contributed by atoms with van der Waals surface area (Å²) in [5, 5.41) is 0.955. The normalized spacial score (nSPS) is 20.4. The highest BCUT2D eigenvalue weighted by atomic mass is 16.6. The van der Waals surface area contributed by atoms with E-state index in [0.29, 0.717) is 38.5 Å². The first-order valence-corrected chi connectivity index (χ1v) is 8.37. The van der Waals surface area contributed by atoms with Crippen molar-refractivity contribution in [2.75, 3.05) is 33.5 Å². The van der Waals surface area contributed by atoms with Crippen molar-refractivity contribution in [1.29, 1.82) is 0 Å². The number of ether oxygens (including phenoxy) is 3. The van der Waals surface area contributed by atoms with E-state index in [2.05, 4.69) is 4.98 Å². The number of carbonyl (C=O) groups is 2. The van der Waals surface area contributed by atoms with Gasteiger partial charge < -0.3 is 24.1 Å². The van der Waals surface area contributed by atoms with Crippen LogP contribution in [0.4, 0.5) is 0 Å². The zero-order chi connectivity index (χ0) is 17.4. The summed E-state index contributed by atoms with van der Waals surface area (Å²) in [6.07, 6.45) is 0.225. The van der Waals surface area contributed by atoms with Crippen LogP contribution in [0, 0.1) is 0 Å². The van der Waals surface area contributed by atoms with Gasteiger partial charge in [0.25, 0.3) is 5.91 Å². The molecule has 0 unspecified atom stereocenters. The predicted molar refractivity (Wildman–Crippen MR) is 89.3 cm³/mol. The number of aromatic amines is 1. The minimum absolute atomic E-state index is 0.0381. The molecule has 4 rings (SSSR count). The number of benzene rings is 1. The number of carbonyl (C=O) groups excluding carboxylic acids is 2. The van der Waals surface area contributed by atoms with Gasteiger partial charge in [0.2, 0.25) is 0 Å². The van der Waals surface area contributed by atoms with Crippen LogP contribution in [0.3, 0.4) is 0 Å². The zero-order valence-corrected chi connectivity index (χ0v) is 14.0. The lowest BCUT2D eigenvalue weighted by atomic mass is 10.0. The van der Waals surface area contributed by atoms with E-state index in [9.17, 15) is 9.59 Å². The Labute approximate surface area is 144 Å². The van der Waals surface area contributed by atoms with Gasteiger partial charge in [-0.3, -0.25) is 4.79 Å². The third kappa shape index (κ3) is 2.89. The van der Waals surface area contributed by atoms with Crippen LogP contribution in [0.1, 0.15) is 21.6 Å². The van der Waals surface area contributed by atoms with Crippen molar-refractivity contribution in [3.63, 3.8) is 0 Å². The van der Waals surface area contributed by atoms with Crippen LogP contribution in [-0.4, -0.2) is 61.3 Å². The molecule has 1 amide bonds. The van der Waals surface area contributed by atoms with E-state index in [1.807, 2.05) is 12.1 Å². The average molecular weight is 344 g/mol. The Bertz CT molecular complexity index is 822. The molecule has 1 aromatic carbocycles. The molecule has 0 bridgehead atoms. The molecule has 0 spiro atoms. The lowest BCUT2D eigenvalue weighted by molar-refractivity contribution is -0.158. The van der Waals surface area contributed by atoms with Gasteiger partial charge in [-0.05, 0) is 18.2 Å². The Balaban J connectivity index is 1.62. The molecule has 1 saturated heterocycles. The first-order valence-electron chi connectivity index (χ1n) is 8.37. The third-order valence-corrected chi connectivity index (χ3v) is 4.80. The van der Waals surface area contributed by atoms with Gasteiger partial charge in [0, 0.05) is 41.7 Å². The summed E-state index contributed by atoms with van der Waals surface area (Å²) in [5.74, 6) is -0.405. The quantitative estimate of drug-likeness (QED) is 0.830. The number of aromatic nitrogens is 1. The summed E-state index contributed by atoms with van der Waals surface area (Å²) in [5.41, 5.74) is 3.63. The first-order chi connectivity index (χ1) is 12.2. The SMILES string of the molecule is COC(=O)c1ccc2[nH]c3c(c2c1)CN(C(=O)[C@@H]1COCCO1)CC3. The molecular weight excluding hydrogens is 324 g/mol. The van der Waals surface area contributed by atoms with Gasteiger partial charge in [-0.15, -0.1) is 0 Å². The number of methoxy groups -OCH3 is 1. The molecule has 0 aliphatic carbocycles. The number of hydrogen-bond acceptors (Lipinski definition) is 5. The fraction of sp³-hybridized carbons (Fsp3) is 0.444. The van der Waals surface area contributed by atoms with E-state index in [0.717, 1.165) is 28.6 Å². The standard InChI is InChI=1S/C18H20N2O5/c1-23-18(22)11-2-3-14-12(8-11)13-9-20(5-4-15(13)19-14)17(21)16-10-24-6-7-25-16/h2-3,8,16,19H,4-7,9-10H2,1H3/t16-/m0/s1. The Morgan fingerprint density at radius 3 is 2.96 bits per heavy atom. The van der Waals surface area contributed by atoms with Gasteiger partial charge >= 0.3 is 5.97 Å². The maximum absolute atomic E-state index is 12.7. The molecule has 7 nitrogen and oxygen atoms in total. The summed E-state index contributed by atoms with van der Waals surface area (Å²) >= 11 is 0. The summed E-state index contributed by atoms with van der Waals surface area (Å²) in [6, 6.07) is 5.45. The van der Waals surface area contributed by atoms with Gasteiger partial charge in [-0.1, -0.05) is 0 Å². The molecule has 1 fully saturated rings. The summed E-state index contributed by atoms with van der Waals surface area (Å²) in [6.45, 7) is 2.43. The molecule has 25 heavy (non-hydrogen) atoms. The van der Waals surface area contributed by atoms with Crippen molar-refractivity contribution >= 4 is 22.8 Å². The van der Waals surface area contributed by atoms with Crippen molar-refractivity contribution < 1.29 is 23.8 Å². The minimum Gasteiger partial charge on any atom is -0.465 e. The van der Waals surface area contributed by atoms with Crippen molar-refractivity contribution in [1.82, 2.24) is 9.88 Å². The number of H-pyrrole nitrogens is 1. The first kappa shape index (κ1) is 16.1. The van der Waals surface area contributed by atoms with Crippen molar-refractivity contribution in [3.05, 3.63) is 35.0 Å². The number of esters is 1. The van der Waals surface area contributed by atoms with Gasteiger partial charge in [0.05, 0.1) is 32.5 Å². The van der Waals surface area contributed by atoms with Crippen LogP contribution in [0.15, 0.2) is 18.2 Å². The van der Waals surface area contributed by atoms with Gasteiger partial charge in [-0.2, -0.15) is 0 Å². The molecule has 2 aromatic rings. The molecule has 1 N–H and O–H groups in total. The number of nitrogens with zero attached hydrogens (tertiary/aromatic N) is 1. The fourth-order valence-corrected chi connectivity index (χ4v) is 3.48. The minimum atomic E-state index is -0.522. The highest BCUT2D eigenvalue weighted by Crippen LogP contribution is 2.29. The largest absolute Gasteiger partial charge is 0.465 e. The summed E-state index contributed by atoms with van der Waals surface area (Å²) in [4.78, 5) is 29.7. The number of fused-ring (bicyclic) bond motifs is 3. The summed E-state index contributed by atoms with van der Waals surface area (Å²) in [7, 11) is 1.37. The Hall–Kier alpha value is -2.38. The molecule has 2 aliphatic rings. The number of amides is 1. The second-order valence-corrected chi connectivity index (χ2v) is 6.28. The second kappa shape index (κ2) is 6.50. The van der Waals surface area contributed by atoms with E-state index in [1.165, 1.54) is 7.11 Å². The molecule has 0 saturated carbocycles. The smallest absolute Gasteiger partial charge is 0.337 e. The average Bonchev–Trinajstić information content (AvgIpc) is 3.04. The second-order valence-electron chi connectivity index (χ2n) is 6.28. The van der Waals surface area contributed by atoms with E-state index < -0.39 is 6.10 Å². The predicted octanol–water partition coefficient (Wildman–Crippen LogP) is 1.25. The number of nitrogens with one attached hydrogen (secondary N) is 1. The van der Waals surface area contributed by atoms with Gasteiger partial charge in [0.15, 0.2) is 6.10 Å². The van der Waals surface area contributed by atoms with E-state index in [1.54, 1.807) is 11.0 Å². The lowest BCUT2D eigenvalue weighted by Gasteiger charge is -2.32. The molecule has 132 valence electrons. The van der Waals surface area contributed by atoms with E-state index in [4.69, 9.17) is 14.2 Å². The maximum atomic E-state index is 12.7. The lowest BCUT2D eigenvalue weighted by Crippen LogP contribution is -2.46. The Morgan fingerprint density at radius 1 is 1.32 bits per heavy atom. The van der Waals surface area contributed by atoms with E-state index >= 15 is 0 Å². The van der Waals surface area contributed by atoms with Crippen LogP contribution in [0.5, 0.6) is 0 Å². The van der Waals surface area contributed by atoms with Crippen molar-refractivity contribution in [3.8, 4) is 0 Å². The van der Waals surface area contributed by atoms with Crippen LogP contribution in [0.25, 0.3) is 10.9 Å². The molecule has 1 aromatic heterocycles.